The Morgan fingerprint density at radius 2 is 2.37 bits per heavy atom. The first-order chi connectivity index (χ1) is 14.5. The quantitative estimate of drug-likeness (QED) is 0.726. The summed E-state index contributed by atoms with van der Waals surface area (Å²) in [6, 6.07) is -0.138. The van der Waals surface area contributed by atoms with E-state index in [0.29, 0.717) is 37.9 Å². The number of likely N-dealkylation sites (tertiary alicyclic amines) is 1. The van der Waals surface area contributed by atoms with Gasteiger partial charge in [0.15, 0.2) is 17.5 Å². The van der Waals surface area contributed by atoms with Crippen LogP contribution in [0.1, 0.15) is 24.8 Å². The Morgan fingerprint density at radius 1 is 1.50 bits per heavy atom. The molecule has 0 saturated carbocycles. The average molecular weight is 416 g/mol. The van der Waals surface area contributed by atoms with Gasteiger partial charge in [0, 0.05) is 42.9 Å². The van der Waals surface area contributed by atoms with E-state index in [1.54, 1.807) is 11.1 Å². The molecular formula is C20H25FN6O3. The van der Waals surface area contributed by atoms with Crippen molar-refractivity contribution in [1.82, 2.24) is 19.9 Å². The van der Waals surface area contributed by atoms with Gasteiger partial charge in [0.1, 0.15) is 11.9 Å². The molecule has 2 aromatic rings. The number of aromatic amines is 1. The van der Waals surface area contributed by atoms with Crippen LogP contribution in [0.2, 0.25) is 0 Å². The summed E-state index contributed by atoms with van der Waals surface area (Å²) in [6.45, 7) is 7.47. The largest absolute Gasteiger partial charge is 0.444 e. The molecule has 0 aliphatic carbocycles. The lowest BCUT2D eigenvalue weighted by atomic mass is 10.1. The number of nitrogens with zero attached hydrogens (tertiary/aromatic N) is 4. The van der Waals surface area contributed by atoms with Crippen molar-refractivity contribution in [3.05, 3.63) is 23.8 Å². The van der Waals surface area contributed by atoms with Crippen LogP contribution < -0.4 is 5.32 Å². The summed E-state index contributed by atoms with van der Waals surface area (Å²) in [4.78, 5) is 29.5. The van der Waals surface area contributed by atoms with Crippen LogP contribution in [-0.2, 0) is 9.47 Å². The fourth-order valence-electron chi connectivity index (χ4n) is 3.76. The Kier molecular flexibility index (Phi) is 5.93. The summed E-state index contributed by atoms with van der Waals surface area (Å²) in [5.41, 5.74) is 1.57. The molecular weight excluding hydrogens is 391 g/mol. The van der Waals surface area contributed by atoms with Gasteiger partial charge >= 0.3 is 6.09 Å². The minimum Gasteiger partial charge on any atom is -0.444 e. The van der Waals surface area contributed by atoms with Crippen molar-refractivity contribution in [3.63, 3.8) is 0 Å². The lowest BCUT2D eigenvalue weighted by Gasteiger charge is -2.33. The molecule has 0 bridgehead atoms. The first-order valence-corrected chi connectivity index (χ1v) is 10.0. The smallest absolute Gasteiger partial charge is 0.410 e. The molecule has 2 unspecified atom stereocenters. The van der Waals surface area contributed by atoms with Gasteiger partial charge in [-0.3, -0.25) is 0 Å². The highest BCUT2D eigenvalue weighted by Gasteiger charge is 2.28. The summed E-state index contributed by atoms with van der Waals surface area (Å²) in [6.07, 6.45) is 4.63. The lowest BCUT2D eigenvalue weighted by Crippen LogP contribution is -2.46. The molecule has 0 spiro atoms. The third kappa shape index (κ3) is 4.28. The Labute approximate surface area is 173 Å². The van der Waals surface area contributed by atoms with Crippen molar-refractivity contribution in [3.8, 4) is 11.4 Å². The Hall–Kier alpha value is -3.01. The molecule has 4 heterocycles. The Bertz CT molecular complexity index is 927. The molecule has 2 aliphatic heterocycles. The fraction of sp³-hybridized carbons (Fsp3) is 0.500. The Balaban J connectivity index is 1.44. The molecule has 9 nitrogen and oxygen atoms in total. The molecule has 2 aliphatic rings. The second-order valence-corrected chi connectivity index (χ2v) is 7.52. The van der Waals surface area contributed by atoms with Crippen LogP contribution in [0.4, 0.5) is 20.8 Å². The number of anilines is 1. The fourth-order valence-corrected chi connectivity index (χ4v) is 3.76. The number of hydrogen-bond acceptors (Lipinski definition) is 7. The molecule has 4 rings (SSSR count). The number of hydrogen-bond donors (Lipinski definition) is 2. The zero-order valence-corrected chi connectivity index (χ0v) is 16.9. The molecule has 2 atom stereocenters. The number of aliphatic imine (C=N–C) groups is 1. The molecule has 0 radical (unpaired) electrons. The van der Waals surface area contributed by atoms with Crippen LogP contribution >= 0.6 is 0 Å². The predicted octanol–water partition coefficient (Wildman–Crippen LogP) is 3.05. The number of piperidine rings is 1. The molecule has 2 aromatic heterocycles. The minimum atomic E-state index is -0.545. The summed E-state index contributed by atoms with van der Waals surface area (Å²) in [7, 11) is 0. The number of nitrogens with one attached hydrogen (secondary N) is 2. The van der Waals surface area contributed by atoms with E-state index in [0.717, 1.165) is 36.6 Å². The van der Waals surface area contributed by atoms with Crippen LogP contribution in [0.3, 0.4) is 0 Å². The van der Waals surface area contributed by atoms with Crippen LogP contribution in [0.25, 0.3) is 11.4 Å². The van der Waals surface area contributed by atoms with Gasteiger partial charge in [-0.25, -0.2) is 24.1 Å². The van der Waals surface area contributed by atoms with E-state index in [2.05, 4.69) is 32.0 Å². The summed E-state index contributed by atoms with van der Waals surface area (Å²) < 4.78 is 25.1. The average Bonchev–Trinajstić information content (AvgIpc) is 3.39. The van der Waals surface area contributed by atoms with Crippen molar-refractivity contribution < 1.29 is 18.7 Å². The zero-order valence-electron chi connectivity index (χ0n) is 16.9. The van der Waals surface area contributed by atoms with E-state index >= 15 is 0 Å². The van der Waals surface area contributed by atoms with Gasteiger partial charge in [-0.15, -0.1) is 0 Å². The predicted molar refractivity (Wildman–Crippen MR) is 110 cm³/mol. The van der Waals surface area contributed by atoms with Crippen molar-refractivity contribution in [2.45, 2.75) is 38.3 Å². The highest BCUT2D eigenvalue weighted by atomic mass is 19.1. The number of carbonyl (C=O) groups excluding carboxylic acids is 1. The standard InChI is InChI=1S/C20H25FN6O3/c1-12-15(8-23-17(12)22-2)18-24-9-16(21)19(26-18)25-13-4-3-6-27(10-13)20(28)30-14-5-7-29-11-14/h8-9,13-14,23H,2-7,10-11H2,1H3,(H,24,25,26). The van der Waals surface area contributed by atoms with Gasteiger partial charge < -0.3 is 24.7 Å². The van der Waals surface area contributed by atoms with Gasteiger partial charge in [0.25, 0.3) is 0 Å². The lowest BCUT2D eigenvalue weighted by molar-refractivity contribution is 0.0492. The van der Waals surface area contributed by atoms with Gasteiger partial charge in [0.05, 0.1) is 19.4 Å². The SMILES string of the molecule is C=Nc1[nH]cc(-c2ncc(F)c(NC3CCCN(C(=O)OC4CCOC4)C3)n2)c1C. The number of aromatic nitrogens is 3. The summed E-state index contributed by atoms with van der Waals surface area (Å²) in [5.74, 6) is 0.576. The van der Waals surface area contributed by atoms with E-state index in [1.807, 2.05) is 6.92 Å². The molecule has 10 heteroatoms. The molecule has 160 valence electrons. The van der Waals surface area contributed by atoms with Crippen molar-refractivity contribution in [1.29, 1.82) is 0 Å². The summed E-state index contributed by atoms with van der Waals surface area (Å²) in [5, 5.41) is 3.13. The van der Waals surface area contributed by atoms with Crippen LogP contribution in [0.15, 0.2) is 17.4 Å². The number of amides is 1. The number of ether oxygens (including phenoxy) is 2. The van der Waals surface area contributed by atoms with E-state index in [9.17, 15) is 9.18 Å². The minimum absolute atomic E-state index is 0.109. The molecule has 2 saturated heterocycles. The number of rotatable bonds is 5. The first-order valence-electron chi connectivity index (χ1n) is 10.0. The number of carbonyl (C=O) groups is 1. The van der Waals surface area contributed by atoms with E-state index in [1.165, 1.54) is 0 Å². The normalized spacial score (nSPS) is 21.5. The highest BCUT2D eigenvalue weighted by molar-refractivity contribution is 5.69. The highest BCUT2D eigenvalue weighted by Crippen LogP contribution is 2.29. The van der Waals surface area contributed by atoms with Gasteiger partial charge in [-0.1, -0.05) is 0 Å². The second-order valence-electron chi connectivity index (χ2n) is 7.52. The van der Waals surface area contributed by atoms with Gasteiger partial charge in [-0.05, 0) is 26.5 Å². The maximum absolute atomic E-state index is 14.4. The molecule has 1 amide bonds. The maximum atomic E-state index is 14.4. The Morgan fingerprint density at radius 3 is 3.10 bits per heavy atom. The first kappa shape index (κ1) is 20.3. The van der Waals surface area contributed by atoms with Gasteiger partial charge in [-0.2, -0.15) is 0 Å². The van der Waals surface area contributed by atoms with E-state index < -0.39 is 5.82 Å². The van der Waals surface area contributed by atoms with Crippen molar-refractivity contribution in [2.75, 3.05) is 31.6 Å². The van der Waals surface area contributed by atoms with Crippen molar-refractivity contribution >= 4 is 24.4 Å². The molecule has 0 aromatic carbocycles. The van der Waals surface area contributed by atoms with E-state index in [-0.39, 0.29) is 24.1 Å². The van der Waals surface area contributed by atoms with Gasteiger partial charge in [0.2, 0.25) is 0 Å². The third-order valence-electron chi connectivity index (χ3n) is 5.43. The van der Waals surface area contributed by atoms with Crippen molar-refractivity contribution in [2.24, 2.45) is 4.99 Å². The molecule has 2 fully saturated rings. The number of halogens is 1. The molecule has 30 heavy (non-hydrogen) atoms. The maximum Gasteiger partial charge on any atom is 0.410 e. The monoisotopic (exact) mass is 416 g/mol. The van der Waals surface area contributed by atoms with E-state index in [4.69, 9.17) is 9.47 Å². The van der Waals surface area contributed by atoms with Crippen LogP contribution in [-0.4, -0.2) is 71.1 Å². The third-order valence-corrected chi connectivity index (χ3v) is 5.43. The second kappa shape index (κ2) is 8.78. The molecule has 2 N–H and O–H groups in total. The van der Waals surface area contributed by atoms with Crippen LogP contribution in [0.5, 0.6) is 0 Å². The summed E-state index contributed by atoms with van der Waals surface area (Å²) >= 11 is 0. The van der Waals surface area contributed by atoms with Crippen LogP contribution in [0, 0.1) is 12.7 Å². The zero-order chi connectivity index (χ0) is 21.1. The topological polar surface area (TPSA) is 105 Å². The number of H-pyrrole nitrogens is 1.